The van der Waals surface area contributed by atoms with E-state index in [1.807, 2.05) is 24.3 Å². The molecule has 0 atom stereocenters. The molecule has 0 N–H and O–H groups in total. The maximum Gasteiger partial charge on any atom is 0.199 e. The third kappa shape index (κ3) is 7.13. The number of Topliss-reactive ketones (excluding diaryl/α,β-unsaturated/α-hetero) is 4. The van der Waals surface area contributed by atoms with Crippen LogP contribution in [-0.4, -0.2) is 23.1 Å². The molecule has 8 rings (SSSR count). The lowest BCUT2D eigenvalue weighted by Gasteiger charge is -2.23. The van der Waals surface area contributed by atoms with Crippen LogP contribution in [-0.2, 0) is 0 Å². The Morgan fingerprint density at radius 2 is 0.597 bits per heavy atom. The highest BCUT2D eigenvalue weighted by Gasteiger charge is 2.36. The van der Waals surface area contributed by atoms with Gasteiger partial charge in [-0.25, -0.2) is 0 Å². The molecule has 0 aliphatic heterocycles. The molecule has 2 aromatic heterocycles. The van der Waals surface area contributed by atoms with Crippen molar-refractivity contribution in [3.05, 3.63) is 159 Å². The molecule has 0 saturated carbocycles. The van der Waals surface area contributed by atoms with Crippen molar-refractivity contribution < 1.29 is 19.2 Å². The summed E-state index contributed by atoms with van der Waals surface area (Å²) in [5.41, 5.74) is 13.6. The quantitative estimate of drug-likeness (QED) is 0.153. The van der Waals surface area contributed by atoms with E-state index in [-0.39, 0.29) is 58.0 Å². The highest BCUT2D eigenvalue weighted by molar-refractivity contribution is 7.12. The Labute approximate surface area is 373 Å². The first-order valence-electron chi connectivity index (χ1n) is 22.2. The molecule has 4 nitrogen and oxygen atoms in total. The van der Waals surface area contributed by atoms with Crippen LogP contribution >= 0.6 is 22.7 Å². The fraction of sp³-hybridized carbons (Fsp3) is 0.321. The van der Waals surface area contributed by atoms with Crippen LogP contribution in [0.3, 0.4) is 0 Å². The van der Waals surface area contributed by atoms with E-state index in [0.717, 1.165) is 31.3 Å². The lowest BCUT2D eigenvalue weighted by atomic mass is 9.81. The zero-order chi connectivity index (χ0) is 44.6. The molecule has 0 saturated heterocycles. The predicted octanol–water partition coefficient (Wildman–Crippen LogP) is 13.6. The summed E-state index contributed by atoms with van der Waals surface area (Å²) in [6.07, 6.45) is 0. The van der Waals surface area contributed by atoms with Crippen molar-refractivity contribution >= 4 is 57.0 Å². The summed E-state index contributed by atoms with van der Waals surface area (Å²) in [7, 11) is 0. The molecular formula is C56H56O4S2. The largest absolute Gasteiger partial charge is 0.288 e. The van der Waals surface area contributed by atoms with Crippen LogP contribution in [0.25, 0.3) is 33.4 Å². The number of fused-ring (bicyclic) bond motifs is 2. The number of carbonyl (C=O) groups is 4. The Morgan fingerprint density at radius 1 is 0.339 bits per heavy atom. The van der Waals surface area contributed by atoms with Gasteiger partial charge in [-0.05, 0) is 92.1 Å². The van der Waals surface area contributed by atoms with Crippen molar-refractivity contribution in [2.24, 2.45) is 0 Å². The number of carbonyl (C=O) groups excluding carboxylic acids is 4. The summed E-state index contributed by atoms with van der Waals surface area (Å²) in [5.74, 6) is 0.227. The van der Waals surface area contributed by atoms with E-state index in [1.54, 1.807) is 24.3 Å². The maximum absolute atomic E-state index is 14.3. The van der Waals surface area contributed by atoms with Crippen molar-refractivity contribution in [1.29, 1.82) is 0 Å². The number of rotatable bonds is 8. The zero-order valence-corrected chi connectivity index (χ0v) is 39.6. The Kier molecular flexibility index (Phi) is 11.5. The summed E-state index contributed by atoms with van der Waals surface area (Å²) in [5, 5.41) is 0. The topological polar surface area (TPSA) is 68.3 Å². The standard InChI is InChI=1S/C56H56O4S2/c1-27(2)33-21-39(29(5)6)47(40(22-33)30(7)8)43-25-45(49-51(57)35-17-13-14-18-36(35)52(49)58)61-55(43)56-44(48-41(31(9)10)23-34(28(3)4)24-42(48)32(11)12)26-46(62-56)50-53(59)37-19-15-16-20-38(37)54(50)60/h13-32H,1-12H3/b56-55+. The minimum Gasteiger partial charge on any atom is -0.288 e. The summed E-state index contributed by atoms with van der Waals surface area (Å²) in [6, 6.07) is 27.7. The van der Waals surface area contributed by atoms with Crippen LogP contribution in [0.4, 0.5) is 0 Å². The first-order valence-corrected chi connectivity index (χ1v) is 23.8. The molecular weight excluding hydrogens is 801 g/mol. The molecule has 0 radical (unpaired) electrons. The molecule has 62 heavy (non-hydrogen) atoms. The molecule has 6 heteroatoms. The molecule has 0 amide bonds. The van der Waals surface area contributed by atoms with Crippen LogP contribution in [0.15, 0.2) is 84.9 Å². The Balaban J connectivity index is 1.66. The second-order valence-corrected chi connectivity index (χ2v) is 21.0. The van der Waals surface area contributed by atoms with Crippen molar-refractivity contribution in [2.45, 2.75) is 119 Å². The fourth-order valence-electron chi connectivity index (χ4n) is 9.22. The first-order chi connectivity index (χ1) is 29.4. The number of thiophene rings is 2. The minimum absolute atomic E-state index is 0.161. The lowest BCUT2D eigenvalue weighted by Crippen LogP contribution is -2.10. The smallest absolute Gasteiger partial charge is 0.199 e. The van der Waals surface area contributed by atoms with Crippen molar-refractivity contribution in [1.82, 2.24) is 0 Å². The van der Waals surface area contributed by atoms with Gasteiger partial charge in [-0.2, -0.15) is 0 Å². The normalized spacial score (nSPS) is 14.7. The van der Waals surface area contributed by atoms with Gasteiger partial charge >= 0.3 is 0 Å². The van der Waals surface area contributed by atoms with Gasteiger partial charge in [0.05, 0.1) is 20.2 Å². The highest BCUT2D eigenvalue weighted by Crippen LogP contribution is 2.44. The molecule has 2 heterocycles. The Hall–Kier alpha value is -5.30. The summed E-state index contributed by atoms with van der Waals surface area (Å²) < 4.78 is 3.08. The molecule has 0 unspecified atom stereocenters. The van der Waals surface area contributed by atoms with Crippen LogP contribution in [0.5, 0.6) is 0 Å². The average molecular weight is 857 g/mol. The molecule has 4 aromatic carbocycles. The fourth-order valence-corrected chi connectivity index (χ4v) is 11.8. The van der Waals surface area contributed by atoms with Gasteiger partial charge < -0.3 is 0 Å². The first kappa shape index (κ1) is 43.4. The maximum atomic E-state index is 14.3. The lowest BCUT2D eigenvalue weighted by molar-refractivity contribution is 0.101. The summed E-state index contributed by atoms with van der Waals surface area (Å²) in [6.45, 7) is 26.8. The highest BCUT2D eigenvalue weighted by atomic mass is 32.1. The number of hydrogen-bond acceptors (Lipinski definition) is 6. The van der Waals surface area contributed by atoms with Crippen molar-refractivity contribution in [3.8, 4) is 22.3 Å². The number of benzene rings is 4. The van der Waals surface area contributed by atoms with Crippen LogP contribution in [0.2, 0.25) is 0 Å². The van der Waals surface area contributed by atoms with Gasteiger partial charge in [0.15, 0.2) is 23.1 Å². The summed E-state index contributed by atoms with van der Waals surface area (Å²) >= 11 is 2.95. The van der Waals surface area contributed by atoms with Gasteiger partial charge in [0.1, 0.15) is 0 Å². The third-order valence-electron chi connectivity index (χ3n) is 12.7. The van der Waals surface area contributed by atoms with Crippen molar-refractivity contribution in [3.63, 3.8) is 0 Å². The molecule has 316 valence electrons. The predicted molar refractivity (Wildman–Crippen MR) is 258 cm³/mol. The second-order valence-electron chi connectivity index (χ2n) is 18.9. The van der Waals surface area contributed by atoms with Crippen LogP contribution < -0.4 is 9.06 Å². The molecule has 2 aliphatic carbocycles. The zero-order valence-electron chi connectivity index (χ0n) is 38.0. The van der Waals surface area contributed by atoms with Crippen molar-refractivity contribution in [2.75, 3.05) is 0 Å². The van der Waals surface area contributed by atoms with Gasteiger partial charge in [-0.1, -0.05) is 156 Å². The number of ketones is 4. The van der Waals surface area contributed by atoms with Gasteiger partial charge in [0.2, 0.25) is 0 Å². The SMILES string of the molecule is CC(C)c1cc(C(C)C)c(-c2cc(=C3C(=O)c4ccccc4C3=O)s/c2=c2/sc(=C3C(=O)c4ccccc4C3=O)cc2-c2c(C(C)C)cc(C(C)C)cc2C(C)C)c(C(C)C)c1. The van der Waals surface area contributed by atoms with Gasteiger partial charge in [0.25, 0.3) is 0 Å². The third-order valence-corrected chi connectivity index (χ3v) is 15.2. The van der Waals surface area contributed by atoms with E-state index in [2.05, 4.69) is 119 Å². The monoisotopic (exact) mass is 856 g/mol. The Bertz CT molecular complexity index is 2770. The second kappa shape index (κ2) is 16.4. The van der Waals surface area contributed by atoms with E-state index >= 15 is 0 Å². The van der Waals surface area contributed by atoms with E-state index in [4.69, 9.17) is 0 Å². The molecule has 2 aliphatic rings. The molecule has 0 bridgehead atoms. The van der Waals surface area contributed by atoms with Gasteiger partial charge in [-0.3, -0.25) is 19.2 Å². The number of hydrogen-bond donors (Lipinski definition) is 0. The van der Waals surface area contributed by atoms with E-state index < -0.39 is 0 Å². The molecule has 0 spiro atoms. The molecule has 0 fully saturated rings. The van der Waals surface area contributed by atoms with E-state index in [1.165, 1.54) is 56.1 Å². The van der Waals surface area contributed by atoms with Crippen LogP contribution in [0.1, 0.15) is 193 Å². The van der Waals surface area contributed by atoms with Gasteiger partial charge in [-0.15, -0.1) is 22.7 Å². The van der Waals surface area contributed by atoms with E-state index in [9.17, 15) is 19.2 Å². The summed E-state index contributed by atoms with van der Waals surface area (Å²) in [4.78, 5) is 57.3. The van der Waals surface area contributed by atoms with E-state index in [0.29, 0.717) is 43.2 Å². The Morgan fingerprint density at radius 3 is 0.823 bits per heavy atom. The van der Waals surface area contributed by atoms with Crippen LogP contribution in [0, 0.1) is 9.06 Å². The molecule has 6 aromatic rings. The average Bonchev–Trinajstić information content (AvgIpc) is 3.98. The van der Waals surface area contributed by atoms with Gasteiger partial charge in [0, 0.05) is 42.4 Å². The minimum atomic E-state index is -0.260.